The minimum Gasteiger partial charge on any atom is -0.489 e. The van der Waals surface area contributed by atoms with Crippen LogP contribution in [0.15, 0.2) is 36.4 Å². The minimum atomic E-state index is -0.747. The van der Waals surface area contributed by atoms with Crippen LogP contribution in [-0.2, 0) is 32.1 Å². The van der Waals surface area contributed by atoms with Crippen LogP contribution in [-0.4, -0.2) is 53.7 Å². The fourth-order valence-corrected chi connectivity index (χ4v) is 4.56. The van der Waals surface area contributed by atoms with Crippen LogP contribution >= 0.6 is 0 Å². The Labute approximate surface area is 243 Å². The van der Waals surface area contributed by atoms with E-state index in [0.29, 0.717) is 31.2 Å². The highest BCUT2D eigenvalue weighted by molar-refractivity contribution is 5.98. The molecule has 0 radical (unpaired) electrons. The largest absolute Gasteiger partial charge is 0.489 e. The number of nitrogen functional groups attached to an aromatic ring is 1. The quantitative estimate of drug-likeness (QED) is 0.300. The Balaban J connectivity index is 1.66. The van der Waals surface area contributed by atoms with E-state index in [1.807, 2.05) is 36.4 Å². The first-order chi connectivity index (χ1) is 19.0. The van der Waals surface area contributed by atoms with Crippen molar-refractivity contribution in [3.05, 3.63) is 53.1 Å². The van der Waals surface area contributed by atoms with Crippen molar-refractivity contribution >= 4 is 29.3 Å². The van der Waals surface area contributed by atoms with Crippen LogP contribution in [0.3, 0.4) is 0 Å². The second-order valence-corrected chi connectivity index (χ2v) is 12.7. The highest BCUT2D eigenvalue weighted by Gasteiger charge is 2.30. The molecule has 2 amide bonds. The van der Waals surface area contributed by atoms with Gasteiger partial charge < -0.3 is 24.8 Å². The van der Waals surface area contributed by atoms with Gasteiger partial charge in [-0.3, -0.25) is 14.5 Å². The van der Waals surface area contributed by atoms with E-state index in [1.165, 1.54) is 4.90 Å². The molecule has 1 aliphatic heterocycles. The SMILES string of the molecule is CC(C)c1ccc(COc2ccc3c(c2)CCN3C(=O)CN(CCC(=O)OC(C)(C)C)C(=O)OC(C)(C)C)cc1N. The number of hydrogen-bond donors (Lipinski definition) is 1. The number of ether oxygens (including phenoxy) is 3. The molecule has 2 aromatic rings. The predicted octanol–water partition coefficient (Wildman–Crippen LogP) is 5.83. The number of carbonyl (C=O) groups is 3. The van der Waals surface area contributed by atoms with Gasteiger partial charge in [0.15, 0.2) is 0 Å². The molecular formula is C32H45N3O6. The van der Waals surface area contributed by atoms with Gasteiger partial charge in [-0.15, -0.1) is 0 Å². The monoisotopic (exact) mass is 567 g/mol. The van der Waals surface area contributed by atoms with Crippen LogP contribution in [0.1, 0.15) is 84.4 Å². The van der Waals surface area contributed by atoms with E-state index >= 15 is 0 Å². The van der Waals surface area contributed by atoms with Crippen molar-refractivity contribution in [1.82, 2.24) is 4.90 Å². The maximum Gasteiger partial charge on any atom is 0.410 e. The van der Waals surface area contributed by atoms with Gasteiger partial charge in [0.1, 0.15) is 30.1 Å². The van der Waals surface area contributed by atoms with E-state index in [-0.39, 0.29) is 25.4 Å². The lowest BCUT2D eigenvalue weighted by atomic mass is 10.00. The molecule has 1 heterocycles. The smallest absolute Gasteiger partial charge is 0.410 e. The first-order valence-electron chi connectivity index (χ1n) is 14.2. The summed E-state index contributed by atoms with van der Waals surface area (Å²) in [5.74, 6) is 0.357. The fourth-order valence-electron chi connectivity index (χ4n) is 4.56. The first-order valence-corrected chi connectivity index (χ1v) is 14.2. The minimum absolute atomic E-state index is 0.00566. The Kier molecular flexibility index (Phi) is 9.94. The van der Waals surface area contributed by atoms with Crippen LogP contribution in [0.5, 0.6) is 5.75 Å². The summed E-state index contributed by atoms with van der Waals surface area (Å²) in [6, 6.07) is 11.7. The predicted molar refractivity (Wildman–Crippen MR) is 160 cm³/mol. The van der Waals surface area contributed by atoms with Crippen molar-refractivity contribution in [2.24, 2.45) is 0 Å². The Morgan fingerprint density at radius 3 is 2.27 bits per heavy atom. The summed E-state index contributed by atoms with van der Waals surface area (Å²) < 4.78 is 16.9. The Hall–Kier alpha value is -3.75. The van der Waals surface area contributed by atoms with Crippen molar-refractivity contribution in [1.29, 1.82) is 0 Å². The fraction of sp³-hybridized carbons (Fsp3) is 0.531. The van der Waals surface area contributed by atoms with Crippen LogP contribution in [0, 0.1) is 0 Å². The average molecular weight is 568 g/mol. The van der Waals surface area contributed by atoms with E-state index in [0.717, 1.165) is 28.1 Å². The van der Waals surface area contributed by atoms with Gasteiger partial charge in [0.2, 0.25) is 5.91 Å². The maximum absolute atomic E-state index is 13.4. The van der Waals surface area contributed by atoms with E-state index < -0.39 is 23.3 Å². The van der Waals surface area contributed by atoms with Crippen molar-refractivity contribution in [2.75, 3.05) is 30.3 Å². The molecular weight excluding hydrogens is 522 g/mol. The van der Waals surface area contributed by atoms with Gasteiger partial charge >= 0.3 is 12.1 Å². The summed E-state index contributed by atoms with van der Waals surface area (Å²) in [5.41, 5.74) is 9.44. The molecule has 0 fully saturated rings. The number of hydrogen-bond acceptors (Lipinski definition) is 7. The van der Waals surface area contributed by atoms with Crippen LogP contribution in [0.25, 0.3) is 0 Å². The Bertz CT molecular complexity index is 1260. The molecule has 3 rings (SSSR count). The van der Waals surface area contributed by atoms with E-state index in [2.05, 4.69) is 13.8 Å². The number of rotatable bonds is 9. The van der Waals surface area contributed by atoms with Gasteiger partial charge in [-0.05, 0) is 94.8 Å². The summed E-state index contributed by atoms with van der Waals surface area (Å²) in [7, 11) is 0. The second kappa shape index (κ2) is 12.8. The van der Waals surface area contributed by atoms with Crippen LogP contribution in [0.4, 0.5) is 16.2 Å². The molecule has 1 aliphatic rings. The van der Waals surface area contributed by atoms with E-state index in [4.69, 9.17) is 19.9 Å². The van der Waals surface area contributed by atoms with Gasteiger partial charge in [-0.25, -0.2) is 4.79 Å². The number of fused-ring (bicyclic) bond motifs is 1. The zero-order chi connectivity index (χ0) is 30.5. The molecule has 2 N–H and O–H groups in total. The Morgan fingerprint density at radius 2 is 1.66 bits per heavy atom. The lowest BCUT2D eigenvalue weighted by molar-refractivity contribution is -0.155. The molecule has 0 spiro atoms. The summed E-state index contributed by atoms with van der Waals surface area (Å²) in [6.07, 6.45) is -0.0365. The second-order valence-electron chi connectivity index (χ2n) is 12.7. The van der Waals surface area contributed by atoms with Gasteiger partial charge in [0.05, 0.1) is 6.42 Å². The molecule has 0 saturated carbocycles. The standard InChI is InChI=1S/C32H45N3O6/c1-21(2)25-11-9-22(17-26(25)33)20-39-24-10-12-27-23(18-24)13-16-35(27)28(36)19-34(30(38)41-32(6,7)8)15-14-29(37)40-31(3,4)5/h9-12,17-18,21H,13-16,19-20,33H2,1-8H3. The maximum atomic E-state index is 13.4. The average Bonchev–Trinajstić information content (AvgIpc) is 3.26. The number of nitrogens with two attached hydrogens (primary N) is 1. The lowest BCUT2D eigenvalue weighted by Gasteiger charge is -2.29. The van der Waals surface area contributed by atoms with Gasteiger partial charge in [0, 0.05) is 24.5 Å². The van der Waals surface area contributed by atoms with Crippen molar-refractivity contribution < 1.29 is 28.6 Å². The Morgan fingerprint density at radius 1 is 0.976 bits per heavy atom. The molecule has 0 unspecified atom stereocenters. The van der Waals surface area contributed by atoms with Gasteiger partial charge in [-0.1, -0.05) is 26.0 Å². The van der Waals surface area contributed by atoms with Crippen molar-refractivity contribution in [3.63, 3.8) is 0 Å². The zero-order valence-corrected chi connectivity index (χ0v) is 25.7. The van der Waals surface area contributed by atoms with Crippen LogP contribution in [0.2, 0.25) is 0 Å². The number of nitrogens with zero attached hydrogens (tertiary/aromatic N) is 2. The summed E-state index contributed by atoms with van der Waals surface area (Å²) in [5, 5.41) is 0. The number of anilines is 2. The topological polar surface area (TPSA) is 111 Å². The third-order valence-electron chi connectivity index (χ3n) is 6.41. The third kappa shape index (κ3) is 9.40. The number of benzene rings is 2. The highest BCUT2D eigenvalue weighted by atomic mass is 16.6. The lowest BCUT2D eigenvalue weighted by Crippen LogP contribution is -2.45. The highest BCUT2D eigenvalue weighted by Crippen LogP contribution is 2.32. The van der Waals surface area contributed by atoms with E-state index in [9.17, 15) is 14.4 Å². The number of esters is 1. The zero-order valence-electron chi connectivity index (χ0n) is 25.7. The molecule has 2 aromatic carbocycles. The number of amides is 2. The molecule has 9 heteroatoms. The molecule has 0 bridgehead atoms. The first kappa shape index (κ1) is 31.8. The summed E-state index contributed by atoms with van der Waals surface area (Å²) in [6.45, 7) is 15.5. The summed E-state index contributed by atoms with van der Waals surface area (Å²) >= 11 is 0. The summed E-state index contributed by atoms with van der Waals surface area (Å²) in [4.78, 5) is 41.5. The molecule has 224 valence electrons. The van der Waals surface area contributed by atoms with Crippen LogP contribution < -0.4 is 15.4 Å². The van der Waals surface area contributed by atoms with Gasteiger partial charge in [-0.2, -0.15) is 0 Å². The molecule has 41 heavy (non-hydrogen) atoms. The molecule has 0 aliphatic carbocycles. The molecule has 0 aromatic heterocycles. The molecule has 0 atom stereocenters. The van der Waals surface area contributed by atoms with Crippen molar-refractivity contribution in [2.45, 2.75) is 92.0 Å². The van der Waals surface area contributed by atoms with Crippen molar-refractivity contribution in [3.8, 4) is 5.75 Å². The molecule has 0 saturated heterocycles. The number of carbonyl (C=O) groups excluding carboxylic acids is 3. The normalized spacial score (nSPS) is 13.1. The molecule has 9 nitrogen and oxygen atoms in total. The third-order valence-corrected chi connectivity index (χ3v) is 6.41. The van der Waals surface area contributed by atoms with E-state index in [1.54, 1.807) is 46.4 Å². The van der Waals surface area contributed by atoms with Gasteiger partial charge in [0.25, 0.3) is 0 Å².